The number of hydrogen-bond donors (Lipinski definition) is 2. The van der Waals surface area contributed by atoms with Gasteiger partial charge in [-0.3, -0.25) is 10.1 Å². The monoisotopic (exact) mass is 124 g/mol. The fourth-order valence-electron chi connectivity index (χ4n) is 0.0577. The Bertz CT molecular complexity index is 103. The third kappa shape index (κ3) is 1.39. The Morgan fingerprint density at radius 2 is 2.38 bits per heavy atom. The summed E-state index contributed by atoms with van der Waals surface area (Å²) in [4.78, 5) is 8.00. The van der Waals surface area contributed by atoms with Gasteiger partial charge >= 0.3 is 5.92 Å². The molecule has 0 aromatic carbocycles. The molecular weight excluding hydrogens is 119 g/mol. The van der Waals surface area contributed by atoms with E-state index in [9.17, 15) is 14.5 Å². The third-order valence-corrected chi connectivity index (χ3v) is 0.525. The lowest BCUT2D eigenvalue weighted by molar-refractivity contribution is -0.608. The van der Waals surface area contributed by atoms with Crippen molar-refractivity contribution in [3.8, 4) is 0 Å². The van der Waals surface area contributed by atoms with Gasteiger partial charge in [0.2, 0.25) is 0 Å². The number of alkyl halides is 1. The van der Waals surface area contributed by atoms with Crippen LogP contribution in [0.5, 0.6) is 0 Å². The highest BCUT2D eigenvalue weighted by atomic mass is 19.2. The van der Waals surface area contributed by atoms with Crippen molar-refractivity contribution in [2.24, 2.45) is 5.73 Å². The molecule has 0 saturated carbocycles. The van der Waals surface area contributed by atoms with Gasteiger partial charge in [-0.15, -0.1) is 4.39 Å². The number of nitrogens with two attached hydrogens (primary N) is 1. The fourth-order valence-corrected chi connectivity index (χ4v) is 0.0577. The lowest BCUT2D eigenvalue weighted by Crippen LogP contribution is -2.46. The number of aliphatic hydroxyl groups is 1. The first-order valence-corrected chi connectivity index (χ1v) is 1.74. The van der Waals surface area contributed by atoms with E-state index >= 15 is 0 Å². The summed E-state index contributed by atoms with van der Waals surface area (Å²) in [6.45, 7) is -1.31. The first kappa shape index (κ1) is 7.25. The van der Waals surface area contributed by atoms with Crippen LogP contribution in [0.4, 0.5) is 4.39 Å². The molecule has 0 amide bonds. The van der Waals surface area contributed by atoms with E-state index in [1.807, 2.05) is 0 Å². The lowest BCUT2D eigenvalue weighted by Gasteiger charge is -2.04. The predicted octanol–water partition coefficient (Wildman–Crippen LogP) is -1.16. The summed E-state index contributed by atoms with van der Waals surface area (Å²) in [7, 11) is 0. The van der Waals surface area contributed by atoms with E-state index in [0.29, 0.717) is 0 Å². The second-order valence-electron chi connectivity index (χ2n) is 1.23. The number of nitrogens with zero attached hydrogens (tertiary/aromatic N) is 1. The topological polar surface area (TPSA) is 89.4 Å². The summed E-state index contributed by atoms with van der Waals surface area (Å²) in [5.74, 6) is -3.18. The molecule has 0 spiro atoms. The van der Waals surface area contributed by atoms with Crippen molar-refractivity contribution in [2.75, 3.05) is 6.61 Å². The number of halogens is 1. The van der Waals surface area contributed by atoms with Gasteiger partial charge in [0.15, 0.2) is 6.61 Å². The van der Waals surface area contributed by atoms with Crippen molar-refractivity contribution in [1.82, 2.24) is 0 Å². The molecule has 5 nitrogen and oxygen atoms in total. The molecule has 0 aliphatic heterocycles. The van der Waals surface area contributed by atoms with Gasteiger partial charge in [-0.05, 0) is 0 Å². The molecule has 0 bridgehead atoms. The maximum Gasteiger partial charge on any atom is 0.440 e. The molecule has 0 heterocycles. The van der Waals surface area contributed by atoms with Gasteiger partial charge in [0.1, 0.15) is 0 Å². The lowest BCUT2D eigenvalue weighted by atomic mass is 10.5. The van der Waals surface area contributed by atoms with Crippen LogP contribution in [0.1, 0.15) is 0 Å². The zero-order valence-electron chi connectivity index (χ0n) is 3.87. The van der Waals surface area contributed by atoms with Gasteiger partial charge in [0, 0.05) is 0 Å². The number of nitro groups is 1. The average Bonchev–Trinajstić information content (AvgIpc) is 1.67. The summed E-state index contributed by atoms with van der Waals surface area (Å²) in [5.41, 5.74) is 4.24. The second-order valence-corrected chi connectivity index (χ2v) is 1.23. The van der Waals surface area contributed by atoms with Gasteiger partial charge in [0.05, 0.1) is 4.92 Å². The molecule has 0 aliphatic rings. The molecule has 0 rings (SSSR count). The predicted molar refractivity (Wildman–Crippen MR) is 22.1 cm³/mol. The van der Waals surface area contributed by atoms with Crippen LogP contribution in [0.2, 0.25) is 0 Å². The van der Waals surface area contributed by atoms with Crippen LogP contribution in [0.3, 0.4) is 0 Å². The standard InChI is InChI=1S/C2H5FN2O3/c3-2(4,1-6)5(7)8/h6H,1,4H2. The van der Waals surface area contributed by atoms with E-state index in [0.717, 1.165) is 0 Å². The molecule has 6 heteroatoms. The van der Waals surface area contributed by atoms with Crippen molar-refractivity contribution < 1.29 is 14.4 Å². The van der Waals surface area contributed by atoms with Crippen molar-refractivity contribution in [3.05, 3.63) is 10.1 Å². The van der Waals surface area contributed by atoms with E-state index in [1.165, 1.54) is 0 Å². The zero-order valence-corrected chi connectivity index (χ0v) is 3.87. The highest BCUT2D eigenvalue weighted by Gasteiger charge is 2.36. The third-order valence-electron chi connectivity index (χ3n) is 0.525. The van der Waals surface area contributed by atoms with Crippen LogP contribution >= 0.6 is 0 Å². The largest absolute Gasteiger partial charge is 0.440 e. The van der Waals surface area contributed by atoms with Crippen LogP contribution in [-0.4, -0.2) is 22.6 Å². The van der Waals surface area contributed by atoms with E-state index in [-0.39, 0.29) is 0 Å². The molecule has 1 atom stereocenters. The molecule has 1 unspecified atom stereocenters. The van der Waals surface area contributed by atoms with Gasteiger partial charge in [-0.25, -0.2) is 5.73 Å². The van der Waals surface area contributed by atoms with Crippen molar-refractivity contribution in [2.45, 2.75) is 5.92 Å². The zero-order chi connectivity index (χ0) is 6.78. The Balaban J connectivity index is 3.91. The van der Waals surface area contributed by atoms with Crippen LogP contribution in [-0.2, 0) is 0 Å². The summed E-state index contributed by atoms with van der Waals surface area (Å²) in [6, 6.07) is 0. The minimum atomic E-state index is -3.18. The highest BCUT2D eigenvalue weighted by Crippen LogP contribution is 1.99. The molecule has 0 aliphatic carbocycles. The molecule has 0 fully saturated rings. The quantitative estimate of drug-likeness (QED) is 0.210. The molecule has 0 aromatic rings. The first-order chi connectivity index (χ1) is 3.50. The Hall–Kier alpha value is -0.750. The Morgan fingerprint density at radius 3 is 2.38 bits per heavy atom. The normalized spacial score (nSPS) is 17.4. The Kier molecular flexibility index (Phi) is 1.82. The number of aliphatic hydroxyl groups excluding tert-OH is 1. The van der Waals surface area contributed by atoms with E-state index in [2.05, 4.69) is 5.73 Å². The minimum absolute atomic E-state index is 1.31. The summed E-state index contributed by atoms with van der Waals surface area (Å²) in [6.07, 6.45) is 0. The minimum Gasteiger partial charge on any atom is -0.384 e. The van der Waals surface area contributed by atoms with Crippen molar-refractivity contribution in [1.29, 1.82) is 0 Å². The van der Waals surface area contributed by atoms with Gasteiger partial charge in [-0.1, -0.05) is 0 Å². The first-order valence-electron chi connectivity index (χ1n) is 1.74. The van der Waals surface area contributed by atoms with Crippen molar-refractivity contribution >= 4 is 0 Å². The highest BCUT2D eigenvalue weighted by molar-refractivity contribution is 4.50. The molecule has 8 heavy (non-hydrogen) atoms. The smallest absolute Gasteiger partial charge is 0.384 e. The SMILES string of the molecule is NC(F)(CO)[N+](=O)[O-]. The molecule has 48 valence electrons. The molecule has 0 saturated heterocycles. The second kappa shape index (κ2) is 2.01. The maximum absolute atomic E-state index is 11.8. The molecule has 3 N–H and O–H groups in total. The van der Waals surface area contributed by atoms with E-state index in [1.54, 1.807) is 0 Å². The molecule has 0 aromatic heterocycles. The van der Waals surface area contributed by atoms with Crippen LogP contribution in [0, 0.1) is 10.1 Å². The van der Waals surface area contributed by atoms with Gasteiger partial charge < -0.3 is 5.11 Å². The van der Waals surface area contributed by atoms with Crippen LogP contribution in [0.25, 0.3) is 0 Å². The summed E-state index contributed by atoms with van der Waals surface area (Å²) in [5, 5.41) is 17.2. The van der Waals surface area contributed by atoms with E-state index < -0.39 is 17.4 Å². The Morgan fingerprint density at radius 1 is 2.00 bits per heavy atom. The van der Waals surface area contributed by atoms with Crippen molar-refractivity contribution in [3.63, 3.8) is 0 Å². The van der Waals surface area contributed by atoms with Gasteiger partial charge in [0.25, 0.3) is 0 Å². The number of rotatable bonds is 2. The van der Waals surface area contributed by atoms with E-state index in [4.69, 9.17) is 5.11 Å². The maximum atomic E-state index is 11.8. The van der Waals surface area contributed by atoms with Gasteiger partial charge in [-0.2, -0.15) is 0 Å². The summed E-state index contributed by atoms with van der Waals surface area (Å²) >= 11 is 0. The molecule has 0 radical (unpaired) electrons. The fraction of sp³-hybridized carbons (Fsp3) is 1.00. The average molecular weight is 124 g/mol. The number of hydrogen-bond acceptors (Lipinski definition) is 4. The Labute approximate surface area is 44.1 Å². The van der Waals surface area contributed by atoms with Crippen LogP contribution < -0.4 is 5.73 Å². The summed E-state index contributed by atoms with van der Waals surface area (Å²) < 4.78 is 11.8. The molecular formula is C2H5FN2O3. The van der Waals surface area contributed by atoms with Crippen LogP contribution in [0.15, 0.2) is 0 Å².